The van der Waals surface area contributed by atoms with Crippen molar-refractivity contribution in [3.8, 4) is 0 Å². The van der Waals surface area contributed by atoms with E-state index in [0.29, 0.717) is 0 Å². The van der Waals surface area contributed by atoms with Crippen molar-refractivity contribution in [2.75, 3.05) is 0 Å². The van der Waals surface area contributed by atoms with Gasteiger partial charge in [0, 0.05) is 0 Å². The summed E-state index contributed by atoms with van der Waals surface area (Å²) in [6, 6.07) is 29.3. The van der Waals surface area contributed by atoms with Gasteiger partial charge in [-0.3, -0.25) is 0 Å². The average Bonchev–Trinajstić information content (AvgIpc) is 3.36. The molecule has 4 rings (SSSR count). The van der Waals surface area contributed by atoms with E-state index in [2.05, 4.69) is 106 Å². The van der Waals surface area contributed by atoms with Crippen LogP contribution in [0.1, 0.15) is 13.8 Å². The van der Waals surface area contributed by atoms with Crippen molar-refractivity contribution in [1.29, 1.82) is 0 Å². The van der Waals surface area contributed by atoms with Crippen LogP contribution in [-0.2, 0) is 19.2 Å². The molecule has 0 saturated heterocycles. The smallest absolute Gasteiger partial charge is 0.0809 e. The number of rotatable bonds is 0. The predicted molar refractivity (Wildman–Crippen MR) is 121 cm³/mol. The Labute approximate surface area is 185 Å². The molecule has 2 radical (unpaired) electrons. The summed E-state index contributed by atoms with van der Waals surface area (Å²) in [5.74, 6) is 0. The Morgan fingerprint density at radius 3 is 1.23 bits per heavy atom. The van der Waals surface area contributed by atoms with Crippen LogP contribution in [0.2, 0.25) is 0 Å². The van der Waals surface area contributed by atoms with Crippen LogP contribution in [0.3, 0.4) is 0 Å². The first-order chi connectivity index (χ1) is 11.9. The van der Waals surface area contributed by atoms with Crippen LogP contribution >= 0.6 is 24.8 Å². The van der Waals surface area contributed by atoms with Gasteiger partial charge in [-0.25, -0.2) is 0 Å². The Bertz CT molecular complexity index is 651. The summed E-state index contributed by atoms with van der Waals surface area (Å²) in [5.41, 5.74) is 0. The SMILES string of the molecule is Cl.Cl.[CH2-]C.[CH2-]C.[Si]=[Ti].c1ccc2[cH-]ccc2c1.c1ccc2[cH-]ccc2c1. The van der Waals surface area contributed by atoms with Gasteiger partial charge in [-0.15, -0.1) is 84.1 Å². The third-order valence-electron chi connectivity index (χ3n) is 3.10. The van der Waals surface area contributed by atoms with Gasteiger partial charge in [-0.1, -0.05) is 12.1 Å². The molecule has 140 valence electrons. The van der Waals surface area contributed by atoms with E-state index in [1.54, 1.807) is 33.0 Å². The molecule has 0 heterocycles. The summed E-state index contributed by atoms with van der Waals surface area (Å²) in [4.78, 5) is 0. The van der Waals surface area contributed by atoms with E-state index < -0.39 is 0 Å². The monoisotopic (exact) mass is 436 g/mol. The maximum atomic E-state index is 3.25. The fourth-order valence-electron chi connectivity index (χ4n) is 2.14. The van der Waals surface area contributed by atoms with Gasteiger partial charge in [-0.05, 0) is 0 Å². The number of halogens is 2. The predicted octanol–water partition coefficient (Wildman–Crippen LogP) is 7.26. The topological polar surface area (TPSA) is 0 Å². The fraction of sp³-hybridized carbons (Fsp3) is 0.0909. The summed E-state index contributed by atoms with van der Waals surface area (Å²) < 4.78 is 0. The fourth-order valence-corrected chi connectivity index (χ4v) is 2.14. The molecular weight excluding hydrogens is 411 g/mol. The molecule has 0 saturated carbocycles. The standard InChI is InChI=1S/2C9H7.2C2H5.2ClH.Si.Ti/c2*1-2-5-9-7-3-6-8(9)4-1;2*1-2;;;;/h2*1-7H;2*1H2,2H3;2*1H;;/q4*-1;;;;. The van der Waals surface area contributed by atoms with Crippen molar-refractivity contribution in [2.24, 2.45) is 0 Å². The van der Waals surface area contributed by atoms with Crippen LogP contribution in [0.25, 0.3) is 21.5 Å². The van der Waals surface area contributed by atoms with Crippen LogP contribution in [0.15, 0.2) is 84.9 Å². The molecular formula is C22H26Cl2SiTi-4. The zero-order chi connectivity index (χ0) is 18.2. The molecule has 0 amide bonds. The van der Waals surface area contributed by atoms with Gasteiger partial charge in [0.1, 0.15) is 0 Å². The van der Waals surface area contributed by atoms with E-state index in [-0.39, 0.29) is 24.8 Å². The Morgan fingerprint density at radius 1 is 0.615 bits per heavy atom. The normalized spacial score (nSPS) is 7.65. The minimum absolute atomic E-state index is 0. The molecule has 4 aromatic carbocycles. The molecule has 0 aliphatic carbocycles. The Balaban J connectivity index is -0.000000299. The number of benzene rings is 2. The quantitative estimate of drug-likeness (QED) is 0.201. The van der Waals surface area contributed by atoms with E-state index in [1.807, 2.05) is 0 Å². The second-order valence-corrected chi connectivity index (χ2v) is 4.31. The van der Waals surface area contributed by atoms with Crippen molar-refractivity contribution in [3.63, 3.8) is 0 Å². The first kappa shape index (κ1) is 29.9. The van der Waals surface area contributed by atoms with Crippen molar-refractivity contribution in [2.45, 2.75) is 13.8 Å². The summed E-state index contributed by atoms with van der Waals surface area (Å²) >= 11 is 1.81. The molecule has 0 atom stereocenters. The molecule has 4 heteroatoms. The molecule has 0 aromatic heterocycles. The third kappa shape index (κ3) is 10.4. The number of hydrogen-bond donors (Lipinski definition) is 0. The molecule has 0 aliphatic rings. The van der Waals surface area contributed by atoms with Crippen LogP contribution in [0.5, 0.6) is 0 Å². The first-order valence-corrected chi connectivity index (χ1v) is 10.6. The first-order valence-electron chi connectivity index (χ1n) is 7.81. The zero-order valence-corrected chi connectivity index (χ0v) is 19.5. The van der Waals surface area contributed by atoms with Crippen molar-refractivity contribution in [3.05, 3.63) is 98.8 Å². The third-order valence-corrected chi connectivity index (χ3v) is 3.10. The second kappa shape index (κ2) is 20.5. The second-order valence-electron chi connectivity index (χ2n) is 4.31. The van der Waals surface area contributed by atoms with Gasteiger partial charge in [0.2, 0.25) is 0 Å². The van der Waals surface area contributed by atoms with E-state index in [0.717, 1.165) is 0 Å². The number of hydrogen-bond acceptors (Lipinski definition) is 0. The molecule has 0 N–H and O–H groups in total. The van der Waals surface area contributed by atoms with Crippen LogP contribution in [-0.4, -0.2) is 7.63 Å². The van der Waals surface area contributed by atoms with Gasteiger partial charge in [0.25, 0.3) is 0 Å². The van der Waals surface area contributed by atoms with Gasteiger partial charge >= 0.3 is 26.8 Å². The molecule has 0 bridgehead atoms. The molecule has 0 spiro atoms. The van der Waals surface area contributed by atoms with E-state index in [4.69, 9.17) is 0 Å². The summed E-state index contributed by atoms with van der Waals surface area (Å²) in [5, 5.41) is 5.32. The minimum Gasteiger partial charge on any atom is -0.168 e. The number of fused-ring (bicyclic) bond motifs is 2. The molecule has 0 nitrogen and oxygen atoms in total. The molecule has 0 unspecified atom stereocenters. The van der Waals surface area contributed by atoms with Crippen molar-refractivity contribution < 1.29 is 19.2 Å². The zero-order valence-electron chi connectivity index (χ0n) is 15.3. The molecule has 26 heavy (non-hydrogen) atoms. The maximum absolute atomic E-state index is 3.25. The van der Waals surface area contributed by atoms with Gasteiger partial charge in [-0.2, -0.15) is 48.9 Å². The van der Waals surface area contributed by atoms with E-state index in [1.165, 1.54) is 21.5 Å². The minimum atomic E-state index is 0. The Morgan fingerprint density at radius 2 is 0.923 bits per heavy atom. The molecule has 4 aromatic rings. The van der Waals surface area contributed by atoms with Crippen LogP contribution < -0.4 is 0 Å². The van der Waals surface area contributed by atoms with Gasteiger partial charge in [0.15, 0.2) is 0 Å². The molecule has 0 aliphatic heterocycles. The molecule has 0 fully saturated rings. The van der Waals surface area contributed by atoms with E-state index >= 15 is 0 Å². The summed E-state index contributed by atoms with van der Waals surface area (Å²) in [7, 11) is 2.97. The van der Waals surface area contributed by atoms with Crippen LogP contribution in [0.4, 0.5) is 0 Å². The van der Waals surface area contributed by atoms with Gasteiger partial charge in [0.05, 0.1) is 0 Å². The average molecular weight is 437 g/mol. The maximum Gasteiger partial charge on any atom is -0.0809 e. The summed E-state index contributed by atoms with van der Waals surface area (Å²) in [6.07, 6.45) is 0. The van der Waals surface area contributed by atoms with Crippen LogP contribution in [0, 0.1) is 13.8 Å². The Kier molecular flexibility index (Phi) is 23.6. The van der Waals surface area contributed by atoms with Crippen molar-refractivity contribution >= 4 is 54.0 Å². The van der Waals surface area contributed by atoms with Crippen molar-refractivity contribution in [1.82, 2.24) is 0 Å². The Hall–Kier alpha value is -0.829. The summed E-state index contributed by atoms with van der Waals surface area (Å²) in [6.45, 7) is 10.0. The largest absolute Gasteiger partial charge is 0.168 e. The van der Waals surface area contributed by atoms with E-state index in [9.17, 15) is 0 Å². The van der Waals surface area contributed by atoms with Gasteiger partial charge < -0.3 is 13.8 Å².